The zero-order valence-corrected chi connectivity index (χ0v) is 48.0. The van der Waals surface area contributed by atoms with Gasteiger partial charge in [-0.15, -0.1) is 0 Å². The van der Waals surface area contributed by atoms with Gasteiger partial charge in [-0.25, -0.2) is 0 Å². The van der Waals surface area contributed by atoms with Crippen LogP contribution in [0.15, 0.2) is 158 Å². The number of esters is 3. The highest BCUT2D eigenvalue weighted by molar-refractivity contribution is 5.71. The number of ether oxygens (including phenoxy) is 3. The Hall–Kier alpha value is -4.97. The molecule has 75 heavy (non-hydrogen) atoms. The summed E-state index contributed by atoms with van der Waals surface area (Å²) in [5, 5.41) is 0. The van der Waals surface area contributed by atoms with Gasteiger partial charge in [0.15, 0.2) is 6.10 Å². The molecule has 0 aromatic rings. The lowest BCUT2D eigenvalue weighted by Gasteiger charge is -2.18. The molecule has 0 heterocycles. The van der Waals surface area contributed by atoms with Crippen molar-refractivity contribution in [3.05, 3.63) is 158 Å². The van der Waals surface area contributed by atoms with Crippen molar-refractivity contribution in [3.63, 3.8) is 0 Å². The number of carbonyl (C=O) groups excluding carboxylic acids is 3. The normalized spacial score (nSPS) is 13.3. The second-order valence-electron chi connectivity index (χ2n) is 19.1. The molecular weight excluding hydrogens is 925 g/mol. The quantitative estimate of drug-likeness (QED) is 0.0261. The number of allylic oxidation sites excluding steroid dienone is 26. The SMILES string of the molecule is CC/C=C\C/C=C\C/C=C\C/C=C\C/C=C\C/C=C\CCCCCCCCC(=O)OCC(COC(=O)CCCCCCC/C=C\C/C=C\CCC)OC(=O)CCCCC/C=C\C/C=C\C/C=C\C/C=C\C/C=C\CC. The van der Waals surface area contributed by atoms with Gasteiger partial charge in [0.25, 0.3) is 0 Å². The van der Waals surface area contributed by atoms with Crippen LogP contribution in [-0.4, -0.2) is 37.2 Å². The summed E-state index contributed by atoms with van der Waals surface area (Å²) in [5.41, 5.74) is 0. The van der Waals surface area contributed by atoms with Gasteiger partial charge in [-0.1, -0.05) is 237 Å². The second kappa shape index (κ2) is 61.6. The standard InChI is InChI=1S/C69H108O6/c1-4-7-10-13-16-19-22-25-27-29-31-32-33-34-35-36-38-39-41-44-47-50-53-56-59-62-68(71)74-65-66(64-73-67(70)61-58-55-52-49-46-43-24-21-18-15-12-9-6-3)75-69(72)63-60-57-54-51-48-45-42-40-37-30-28-26-23-20-17-14-11-8-5-2/h7-8,10-12,15-17,19-21,24-28,31-32,34-35,37-40,45,48,66H,4-6,9,13-14,18,22-23,29-30,33,36,41-44,46-47,49-65H2,1-3H3/b10-7-,11-8-,15-12-,19-16-,20-17-,24-21-,27-25-,28-26-,32-31-,35-34-,39-38-,40-37-,48-45-. The first-order valence-corrected chi connectivity index (χ1v) is 30.0. The van der Waals surface area contributed by atoms with E-state index < -0.39 is 6.10 Å². The van der Waals surface area contributed by atoms with Crippen LogP contribution in [0.5, 0.6) is 0 Å². The van der Waals surface area contributed by atoms with Crippen LogP contribution in [0.25, 0.3) is 0 Å². The molecule has 1 unspecified atom stereocenters. The lowest BCUT2D eigenvalue weighted by Crippen LogP contribution is -2.30. The van der Waals surface area contributed by atoms with Crippen LogP contribution in [0.3, 0.4) is 0 Å². The maximum Gasteiger partial charge on any atom is 0.306 e. The van der Waals surface area contributed by atoms with E-state index in [1.807, 2.05) is 0 Å². The molecule has 0 rings (SSSR count). The molecule has 0 radical (unpaired) electrons. The summed E-state index contributed by atoms with van der Waals surface area (Å²) in [4.78, 5) is 38.2. The van der Waals surface area contributed by atoms with Crippen LogP contribution in [0.4, 0.5) is 0 Å². The fourth-order valence-corrected chi connectivity index (χ4v) is 7.57. The minimum absolute atomic E-state index is 0.111. The maximum absolute atomic E-state index is 12.9. The van der Waals surface area contributed by atoms with E-state index in [0.717, 1.165) is 173 Å². The minimum atomic E-state index is -0.817. The average molecular weight is 1030 g/mol. The molecule has 0 saturated carbocycles. The van der Waals surface area contributed by atoms with Crippen LogP contribution >= 0.6 is 0 Å². The van der Waals surface area contributed by atoms with E-state index in [9.17, 15) is 14.4 Å². The Morgan fingerprint density at radius 3 is 0.827 bits per heavy atom. The molecule has 0 amide bonds. The largest absolute Gasteiger partial charge is 0.462 e. The van der Waals surface area contributed by atoms with Gasteiger partial charge in [0, 0.05) is 19.3 Å². The first kappa shape index (κ1) is 70.0. The van der Waals surface area contributed by atoms with Crippen molar-refractivity contribution >= 4 is 17.9 Å². The molecule has 0 N–H and O–H groups in total. The molecular formula is C69H108O6. The minimum Gasteiger partial charge on any atom is -0.462 e. The molecule has 0 bridgehead atoms. The molecule has 0 aliphatic heterocycles. The van der Waals surface area contributed by atoms with Gasteiger partial charge >= 0.3 is 17.9 Å². The van der Waals surface area contributed by atoms with Gasteiger partial charge in [0.2, 0.25) is 0 Å². The molecule has 0 aliphatic rings. The lowest BCUT2D eigenvalue weighted by atomic mass is 10.1. The molecule has 6 heteroatoms. The number of unbranched alkanes of at least 4 members (excludes halogenated alkanes) is 15. The summed E-state index contributed by atoms with van der Waals surface area (Å²) < 4.78 is 16.8. The van der Waals surface area contributed by atoms with Crippen molar-refractivity contribution in [2.45, 2.75) is 245 Å². The van der Waals surface area contributed by atoms with E-state index in [1.165, 1.54) is 19.3 Å². The van der Waals surface area contributed by atoms with E-state index in [1.54, 1.807) is 0 Å². The Bertz CT molecular complexity index is 1710. The highest BCUT2D eigenvalue weighted by atomic mass is 16.6. The molecule has 0 aromatic carbocycles. The van der Waals surface area contributed by atoms with Crippen LogP contribution in [-0.2, 0) is 28.6 Å². The highest BCUT2D eigenvalue weighted by Crippen LogP contribution is 2.13. The fraction of sp³-hybridized carbons (Fsp3) is 0.580. The Kier molecular flexibility index (Phi) is 57.5. The van der Waals surface area contributed by atoms with Gasteiger partial charge in [-0.05, 0) is 141 Å². The Balaban J connectivity index is 4.48. The third kappa shape index (κ3) is 59.8. The molecule has 6 nitrogen and oxygen atoms in total. The van der Waals surface area contributed by atoms with Crippen LogP contribution in [0.2, 0.25) is 0 Å². The van der Waals surface area contributed by atoms with E-state index in [-0.39, 0.29) is 37.5 Å². The highest BCUT2D eigenvalue weighted by Gasteiger charge is 2.19. The predicted octanol–water partition coefficient (Wildman–Crippen LogP) is 20.5. The third-order valence-electron chi connectivity index (χ3n) is 12.0. The summed E-state index contributed by atoms with van der Waals surface area (Å²) in [5.74, 6) is -0.978. The smallest absolute Gasteiger partial charge is 0.306 e. The van der Waals surface area contributed by atoms with Crippen molar-refractivity contribution in [1.82, 2.24) is 0 Å². The van der Waals surface area contributed by atoms with Crippen molar-refractivity contribution in [3.8, 4) is 0 Å². The Morgan fingerprint density at radius 2 is 0.520 bits per heavy atom. The van der Waals surface area contributed by atoms with E-state index in [2.05, 4.69) is 179 Å². The topological polar surface area (TPSA) is 78.9 Å². The average Bonchev–Trinajstić information content (AvgIpc) is 3.41. The lowest BCUT2D eigenvalue weighted by molar-refractivity contribution is -0.167. The first-order valence-electron chi connectivity index (χ1n) is 30.0. The molecule has 1 atom stereocenters. The van der Waals surface area contributed by atoms with Crippen LogP contribution < -0.4 is 0 Å². The Labute approximate surface area is 460 Å². The molecule has 0 saturated heterocycles. The number of hydrogen-bond donors (Lipinski definition) is 0. The number of rotatable bonds is 52. The molecule has 0 aliphatic carbocycles. The van der Waals surface area contributed by atoms with E-state index >= 15 is 0 Å². The molecule has 420 valence electrons. The first-order chi connectivity index (χ1) is 37.0. The van der Waals surface area contributed by atoms with Crippen molar-refractivity contribution in [1.29, 1.82) is 0 Å². The summed E-state index contributed by atoms with van der Waals surface area (Å²) in [6.45, 7) is 6.28. The summed E-state index contributed by atoms with van der Waals surface area (Å²) in [6, 6.07) is 0. The number of hydrogen-bond acceptors (Lipinski definition) is 6. The third-order valence-corrected chi connectivity index (χ3v) is 12.0. The summed E-state index contributed by atoms with van der Waals surface area (Å²) in [6.07, 6.45) is 89.5. The van der Waals surface area contributed by atoms with Gasteiger partial charge in [-0.2, -0.15) is 0 Å². The fourth-order valence-electron chi connectivity index (χ4n) is 7.57. The van der Waals surface area contributed by atoms with Gasteiger partial charge in [-0.3, -0.25) is 14.4 Å². The predicted molar refractivity (Wildman–Crippen MR) is 325 cm³/mol. The van der Waals surface area contributed by atoms with Crippen molar-refractivity contribution in [2.24, 2.45) is 0 Å². The molecule has 0 fully saturated rings. The second-order valence-corrected chi connectivity index (χ2v) is 19.1. The summed E-state index contributed by atoms with van der Waals surface area (Å²) in [7, 11) is 0. The van der Waals surface area contributed by atoms with Gasteiger partial charge < -0.3 is 14.2 Å². The molecule has 0 aromatic heterocycles. The zero-order valence-electron chi connectivity index (χ0n) is 48.0. The van der Waals surface area contributed by atoms with Crippen LogP contribution in [0.1, 0.15) is 239 Å². The van der Waals surface area contributed by atoms with E-state index in [0.29, 0.717) is 19.3 Å². The van der Waals surface area contributed by atoms with Crippen LogP contribution in [0, 0.1) is 0 Å². The van der Waals surface area contributed by atoms with Crippen molar-refractivity contribution in [2.75, 3.05) is 13.2 Å². The zero-order chi connectivity index (χ0) is 54.3. The Morgan fingerprint density at radius 1 is 0.280 bits per heavy atom. The monoisotopic (exact) mass is 1030 g/mol. The van der Waals surface area contributed by atoms with Gasteiger partial charge in [0.1, 0.15) is 13.2 Å². The van der Waals surface area contributed by atoms with Gasteiger partial charge in [0.05, 0.1) is 0 Å². The van der Waals surface area contributed by atoms with Crippen molar-refractivity contribution < 1.29 is 28.6 Å². The summed E-state index contributed by atoms with van der Waals surface area (Å²) >= 11 is 0. The van der Waals surface area contributed by atoms with E-state index in [4.69, 9.17) is 14.2 Å². The maximum atomic E-state index is 12.9. The number of carbonyl (C=O) groups is 3. The molecule has 0 spiro atoms.